The first-order valence-corrected chi connectivity index (χ1v) is 31.3. The van der Waals surface area contributed by atoms with Gasteiger partial charge in [-0.1, -0.05) is 302 Å². The van der Waals surface area contributed by atoms with Crippen molar-refractivity contribution in [1.82, 2.24) is 0 Å². The molecular weight excluding hydrogens is 865 g/mol. The van der Waals surface area contributed by atoms with Crippen LogP contribution in [0.15, 0.2) is 24.3 Å². The fourth-order valence-electron chi connectivity index (χ4n) is 9.48. The molecule has 0 radical (unpaired) electrons. The van der Waals surface area contributed by atoms with Gasteiger partial charge in [0, 0.05) is 19.3 Å². The zero-order valence-corrected chi connectivity index (χ0v) is 47.3. The number of ether oxygens (including phenoxy) is 3. The Morgan fingerprint density at radius 3 is 0.786 bits per heavy atom. The highest BCUT2D eigenvalue weighted by Crippen LogP contribution is 2.18. The van der Waals surface area contributed by atoms with Gasteiger partial charge < -0.3 is 14.2 Å². The molecule has 412 valence electrons. The van der Waals surface area contributed by atoms with Crippen molar-refractivity contribution in [3.63, 3.8) is 0 Å². The van der Waals surface area contributed by atoms with Gasteiger partial charge in [-0.15, -0.1) is 0 Å². The van der Waals surface area contributed by atoms with Crippen molar-refractivity contribution in [2.24, 2.45) is 0 Å². The third-order valence-electron chi connectivity index (χ3n) is 14.2. The van der Waals surface area contributed by atoms with E-state index >= 15 is 0 Å². The van der Waals surface area contributed by atoms with E-state index in [1.807, 2.05) is 0 Å². The minimum atomic E-state index is -0.761. The van der Waals surface area contributed by atoms with Gasteiger partial charge in [-0.05, 0) is 51.4 Å². The van der Waals surface area contributed by atoms with Gasteiger partial charge in [0.2, 0.25) is 0 Å². The molecule has 0 aliphatic carbocycles. The molecule has 0 N–H and O–H groups in total. The lowest BCUT2D eigenvalue weighted by Crippen LogP contribution is -2.30. The van der Waals surface area contributed by atoms with Gasteiger partial charge in [-0.25, -0.2) is 0 Å². The van der Waals surface area contributed by atoms with Crippen molar-refractivity contribution in [3.8, 4) is 0 Å². The van der Waals surface area contributed by atoms with Crippen molar-refractivity contribution >= 4 is 17.9 Å². The van der Waals surface area contributed by atoms with Crippen LogP contribution in [0.2, 0.25) is 0 Å². The fraction of sp³-hybridized carbons (Fsp3) is 0.891. The third-order valence-corrected chi connectivity index (χ3v) is 14.2. The van der Waals surface area contributed by atoms with E-state index in [2.05, 4.69) is 45.1 Å². The SMILES string of the molecule is CCCCCCC/C=C\C/C=C\CCCCCCCCCCCCCCCCCCCCCCCCCC(=O)OCC(COC(=O)CCCCCCCCC)OC(=O)CCCCCCCCCCCC. The van der Waals surface area contributed by atoms with Gasteiger partial charge >= 0.3 is 17.9 Å². The zero-order valence-electron chi connectivity index (χ0n) is 47.3. The molecule has 0 aromatic heterocycles. The van der Waals surface area contributed by atoms with Crippen LogP contribution in [0, 0.1) is 0 Å². The number of allylic oxidation sites excluding steroid dienone is 4. The first kappa shape index (κ1) is 67.9. The van der Waals surface area contributed by atoms with E-state index in [1.165, 1.54) is 244 Å². The Bertz CT molecular complexity index is 1130. The van der Waals surface area contributed by atoms with Crippen LogP contribution in [0.4, 0.5) is 0 Å². The summed E-state index contributed by atoms with van der Waals surface area (Å²) in [4.78, 5) is 37.8. The molecule has 70 heavy (non-hydrogen) atoms. The molecule has 0 spiro atoms. The van der Waals surface area contributed by atoms with E-state index in [9.17, 15) is 14.4 Å². The second-order valence-corrected chi connectivity index (χ2v) is 21.3. The maximum absolute atomic E-state index is 12.7. The van der Waals surface area contributed by atoms with Crippen molar-refractivity contribution < 1.29 is 28.6 Å². The minimum Gasteiger partial charge on any atom is -0.462 e. The molecule has 6 nitrogen and oxygen atoms in total. The molecule has 0 aromatic carbocycles. The molecule has 0 saturated carbocycles. The molecule has 0 amide bonds. The van der Waals surface area contributed by atoms with Crippen LogP contribution in [-0.2, 0) is 28.6 Å². The maximum Gasteiger partial charge on any atom is 0.306 e. The van der Waals surface area contributed by atoms with Gasteiger partial charge in [0.25, 0.3) is 0 Å². The largest absolute Gasteiger partial charge is 0.462 e. The van der Waals surface area contributed by atoms with E-state index in [4.69, 9.17) is 14.2 Å². The first-order valence-electron chi connectivity index (χ1n) is 31.3. The number of rotatable bonds is 58. The normalized spacial score (nSPS) is 12.1. The average Bonchev–Trinajstić information content (AvgIpc) is 3.36. The lowest BCUT2D eigenvalue weighted by Gasteiger charge is -2.18. The Hall–Kier alpha value is -2.11. The van der Waals surface area contributed by atoms with Crippen LogP contribution in [0.1, 0.15) is 348 Å². The summed E-state index contributed by atoms with van der Waals surface area (Å²) >= 11 is 0. The monoisotopic (exact) mass is 985 g/mol. The Labute approximate surface area is 436 Å². The van der Waals surface area contributed by atoms with Crippen molar-refractivity contribution in [1.29, 1.82) is 0 Å². The molecule has 0 saturated heterocycles. The predicted molar refractivity (Wildman–Crippen MR) is 303 cm³/mol. The number of carbonyl (C=O) groups is 3. The quantitative estimate of drug-likeness (QED) is 0.0261. The van der Waals surface area contributed by atoms with E-state index in [0.29, 0.717) is 19.3 Å². The summed E-state index contributed by atoms with van der Waals surface area (Å²) in [6.45, 7) is 6.61. The van der Waals surface area contributed by atoms with Crippen LogP contribution >= 0.6 is 0 Å². The summed E-state index contributed by atoms with van der Waals surface area (Å²) in [6, 6.07) is 0. The van der Waals surface area contributed by atoms with Gasteiger partial charge in [0.05, 0.1) is 0 Å². The molecule has 6 heteroatoms. The Kier molecular flexibility index (Phi) is 57.7. The summed E-state index contributed by atoms with van der Waals surface area (Å²) in [7, 11) is 0. The van der Waals surface area contributed by atoms with Crippen molar-refractivity contribution in [2.45, 2.75) is 354 Å². The van der Waals surface area contributed by atoms with Crippen molar-refractivity contribution in [2.75, 3.05) is 13.2 Å². The highest BCUT2D eigenvalue weighted by Gasteiger charge is 2.19. The minimum absolute atomic E-state index is 0.0646. The smallest absolute Gasteiger partial charge is 0.306 e. The van der Waals surface area contributed by atoms with Crippen molar-refractivity contribution in [3.05, 3.63) is 24.3 Å². The topological polar surface area (TPSA) is 78.9 Å². The average molecular weight is 986 g/mol. The van der Waals surface area contributed by atoms with Gasteiger partial charge in [-0.3, -0.25) is 14.4 Å². The van der Waals surface area contributed by atoms with Crippen LogP contribution in [0.5, 0.6) is 0 Å². The predicted octanol–water partition coefficient (Wildman–Crippen LogP) is 21.1. The molecule has 0 aromatic rings. The highest BCUT2D eigenvalue weighted by molar-refractivity contribution is 5.71. The third kappa shape index (κ3) is 56.8. The first-order chi connectivity index (χ1) is 34.5. The molecular formula is C64H120O6. The van der Waals surface area contributed by atoms with Crippen LogP contribution < -0.4 is 0 Å². The summed E-state index contributed by atoms with van der Waals surface area (Å²) in [5.41, 5.74) is 0. The molecule has 0 aliphatic rings. The second-order valence-electron chi connectivity index (χ2n) is 21.3. The maximum atomic E-state index is 12.7. The zero-order chi connectivity index (χ0) is 50.7. The van der Waals surface area contributed by atoms with Crippen LogP contribution in [0.3, 0.4) is 0 Å². The summed E-state index contributed by atoms with van der Waals surface area (Å²) < 4.78 is 16.8. The van der Waals surface area contributed by atoms with E-state index < -0.39 is 6.10 Å². The molecule has 1 atom stereocenters. The number of hydrogen-bond acceptors (Lipinski definition) is 6. The van der Waals surface area contributed by atoms with Gasteiger partial charge in [-0.2, -0.15) is 0 Å². The highest BCUT2D eigenvalue weighted by atomic mass is 16.6. The number of hydrogen-bond donors (Lipinski definition) is 0. The Balaban J connectivity index is 3.82. The summed E-state index contributed by atoms with van der Waals surface area (Å²) in [5.74, 6) is -0.854. The number of esters is 3. The summed E-state index contributed by atoms with van der Waals surface area (Å²) in [5, 5.41) is 0. The fourth-order valence-corrected chi connectivity index (χ4v) is 9.48. The van der Waals surface area contributed by atoms with Crippen LogP contribution in [0.25, 0.3) is 0 Å². The number of unbranched alkanes of at least 4 members (excludes halogenated alkanes) is 43. The van der Waals surface area contributed by atoms with Gasteiger partial charge in [0.1, 0.15) is 13.2 Å². The molecule has 0 rings (SSSR count). The Morgan fingerprint density at radius 2 is 0.514 bits per heavy atom. The molecule has 0 fully saturated rings. The second kappa shape index (κ2) is 59.5. The van der Waals surface area contributed by atoms with E-state index in [0.717, 1.165) is 64.2 Å². The van der Waals surface area contributed by atoms with Gasteiger partial charge in [0.15, 0.2) is 6.10 Å². The Morgan fingerprint density at radius 1 is 0.286 bits per heavy atom. The molecule has 0 aliphatic heterocycles. The molecule has 0 bridgehead atoms. The molecule has 0 heterocycles. The summed E-state index contributed by atoms with van der Waals surface area (Å²) in [6.07, 6.45) is 71.0. The standard InChI is InChI=1S/C64H120O6/c1-4-7-10-13-16-18-20-21-22-23-24-25-26-27-28-29-30-31-32-33-34-35-36-37-38-39-40-41-42-43-44-46-48-51-54-57-63(66)69-60-61(59-68-62(65)56-53-50-47-15-12-9-6-3)70-64(67)58-55-52-49-45-19-17-14-11-8-5-2/h20-21,23-24,61H,4-19,22,25-60H2,1-3H3/b21-20-,24-23-. The van der Waals surface area contributed by atoms with Crippen LogP contribution in [-0.4, -0.2) is 37.2 Å². The lowest BCUT2D eigenvalue weighted by molar-refractivity contribution is -0.167. The molecule has 1 unspecified atom stereocenters. The van der Waals surface area contributed by atoms with E-state index in [1.54, 1.807) is 0 Å². The lowest BCUT2D eigenvalue weighted by atomic mass is 10.0. The number of carbonyl (C=O) groups excluding carboxylic acids is 3. The van der Waals surface area contributed by atoms with E-state index in [-0.39, 0.29) is 31.1 Å².